The average Bonchev–Trinajstić information content (AvgIpc) is 2.16. The normalized spacial score (nSPS) is 13.5. The number of aliphatic hydroxyl groups excluding tert-OH is 1. The SMILES string of the molecule is CC(O)c1ccc(C(C)(C)CC(=O)O)cc1. The van der Waals surface area contributed by atoms with E-state index in [4.69, 9.17) is 5.11 Å². The Morgan fingerprint density at radius 1 is 1.31 bits per heavy atom. The molecule has 1 rings (SSSR count). The van der Waals surface area contributed by atoms with E-state index in [0.29, 0.717) is 0 Å². The van der Waals surface area contributed by atoms with Crippen molar-refractivity contribution in [2.24, 2.45) is 0 Å². The average molecular weight is 222 g/mol. The minimum atomic E-state index is -0.801. The number of carbonyl (C=O) groups is 1. The third-order valence-corrected chi connectivity index (χ3v) is 2.77. The van der Waals surface area contributed by atoms with Gasteiger partial charge in [-0.25, -0.2) is 0 Å². The molecule has 0 saturated heterocycles. The van der Waals surface area contributed by atoms with Crippen molar-refractivity contribution in [1.29, 1.82) is 0 Å². The highest BCUT2D eigenvalue weighted by Crippen LogP contribution is 2.28. The molecule has 0 aliphatic heterocycles. The number of carboxylic acids is 1. The Hall–Kier alpha value is -1.35. The first-order chi connectivity index (χ1) is 7.33. The van der Waals surface area contributed by atoms with Crippen LogP contribution in [0.2, 0.25) is 0 Å². The first-order valence-corrected chi connectivity index (χ1v) is 5.33. The highest BCUT2D eigenvalue weighted by Gasteiger charge is 2.23. The summed E-state index contributed by atoms with van der Waals surface area (Å²) >= 11 is 0. The number of rotatable bonds is 4. The molecule has 0 aliphatic carbocycles. The Morgan fingerprint density at radius 3 is 2.19 bits per heavy atom. The quantitative estimate of drug-likeness (QED) is 0.822. The lowest BCUT2D eigenvalue weighted by atomic mass is 9.81. The van der Waals surface area contributed by atoms with E-state index in [-0.39, 0.29) is 11.8 Å². The van der Waals surface area contributed by atoms with E-state index in [1.54, 1.807) is 6.92 Å². The van der Waals surface area contributed by atoms with Crippen LogP contribution in [0, 0.1) is 0 Å². The van der Waals surface area contributed by atoms with Crippen molar-refractivity contribution in [3.8, 4) is 0 Å². The zero-order valence-electron chi connectivity index (χ0n) is 9.90. The molecule has 0 amide bonds. The van der Waals surface area contributed by atoms with Crippen LogP contribution in [0.15, 0.2) is 24.3 Å². The number of aliphatic hydroxyl groups is 1. The van der Waals surface area contributed by atoms with Crippen molar-refractivity contribution in [2.45, 2.75) is 38.7 Å². The Kier molecular flexibility index (Phi) is 3.70. The summed E-state index contributed by atoms with van der Waals surface area (Å²) in [6, 6.07) is 7.43. The Bertz CT molecular complexity index is 363. The highest BCUT2D eigenvalue weighted by atomic mass is 16.4. The van der Waals surface area contributed by atoms with Crippen LogP contribution in [-0.4, -0.2) is 16.2 Å². The second-order valence-corrected chi connectivity index (χ2v) is 4.75. The fourth-order valence-corrected chi connectivity index (χ4v) is 1.69. The molecular formula is C13H18O3. The Labute approximate surface area is 95.7 Å². The van der Waals surface area contributed by atoms with Gasteiger partial charge >= 0.3 is 5.97 Å². The highest BCUT2D eigenvalue weighted by molar-refractivity contribution is 5.68. The molecule has 3 heteroatoms. The maximum atomic E-state index is 10.7. The van der Waals surface area contributed by atoms with E-state index in [0.717, 1.165) is 11.1 Å². The van der Waals surface area contributed by atoms with Gasteiger partial charge in [-0.1, -0.05) is 38.1 Å². The summed E-state index contributed by atoms with van der Waals surface area (Å²) in [6.45, 7) is 5.51. The van der Waals surface area contributed by atoms with Gasteiger partial charge in [-0.3, -0.25) is 4.79 Å². The van der Waals surface area contributed by atoms with E-state index < -0.39 is 12.1 Å². The summed E-state index contributed by atoms with van der Waals surface area (Å²) in [7, 11) is 0. The fourth-order valence-electron chi connectivity index (χ4n) is 1.69. The number of aliphatic carboxylic acids is 1. The van der Waals surface area contributed by atoms with Crippen LogP contribution >= 0.6 is 0 Å². The lowest BCUT2D eigenvalue weighted by molar-refractivity contribution is -0.138. The standard InChI is InChI=1S/C13H18O3/c1-9(14)10-4-6-11(7-5-10)13(2,3)8-12(15)16/h4-7,9,14H,8H2,1-3H3,(H,15,16). The molecule has 1 atom stereocenters. The molecule has 0 aromatic heterocycles. The lowest BCUT2D eigenvalue weighted by Gasteiger charge is -2.23. The molecule has 0 bridgehead atoms. The lowest BCUT2D eigenvalue weighted by Crippen LogP contribution is -2.21. The molecule has 0 fully saturated rings. The molecule has 2 N–H and O–H groups in total. The van der Waals surface area contributed by atoms with E-state index in [2.05, 4.69) is 0 Å². The van der Waals surface area contributed by atoms with Gasteiger partial charge in [0, 0.05) is 5.41 Å². The molecule has 1 aromatic carbocycles. The third-order valence-electron chi connectivity index (χ3n) is 2.77. The second-order valence-electron chi connectivity index (χ2n) is 4.75. The maximum absolute atomic E-state index is 10.7. The summed E-state index contributed by atoms with van der Waals surface area (Å²) in [5.74, 6) is -0.801. The van der Waals surface area contributed by atoms with Crippen molar-refractivity contribution < 1.29 is 15.0 Å². The summed E-state index contributed by atoms with van der Waals surface area (Å²) in [4.78, 5) is 10.7. The van der Waals surface area contributed by atoms with Gasteiger partial charge in [0.05, 0.1) is 12.5 Å². The van der Waals surface area contributed by atoms with E-state index in [1.165, 1.54) is 0 Å². The molecular weight excluding hydrogens is 204 g/mol. The van der Waals surface area contributed by atoms with Crippen LogP contribution in [0.4, 0.5) is 0 Å². The van der Waals surface area contributed by atoms with E-state index >= 15 is 0 Å². The van der Waals surface area contributed by atoms with Crippen molar-refractivity contribution in [3.05, 3.63) is 35.4 Å². The zero-order chi connectivity index (χ0) is 12.3. The van der Waals surface area contributed by atoms with Gasteiger partial charge in [0.25, 0.3) is 0 Å². The van der Waals surface area contributed by atoms with Gasteiger partial charge in [-0.05, 0) is 18.1 Å². The minimum Gasteiger partial charge on any atom is -0.481 e. The molecule has 1 unspecified atom stereocenters. The van der Waals surface area contributed by atoms with E-state index in [1.807, 2.05) is 38.1 Å². The van der Waals surface area contributed by atoms with Crippen molar-refractivity contribution in [3.63, 3.8) is 0 Å². The fraction of sp³-hybridized carbons (Fsp3) is 0.462. The topological polar surface area (TPSA) is 57.5 Å². The van der Waals surface area contributed by atoms with Crippen molar-refractivity contribution >= 4 is 5.97 Å². The third kappa shape index (κ3) is 3.07. The molecule has 0 radical (unpaired) electrons. The molecule has 0 aliphatic rings. The monoisotopic (exact) mass is 222 g/mol. The zero-order valence-corrected chi connectivity index (χ0v) is 9.90. The predicted molar refractivity (Wildman–Crippen MR) is 62.4 cm³/mol. The molecule has 88 valence electrons. The van der Waals surface area contributed by atoms with E-state index in [9.17, 15) is 9.90 Å². The van der Waals surface area contributed by atoms with Gasteiger partial charge in [-0.2, -0.15) is 0 Å². The van der Waals surface area contributed by atoms with Gasteiger partial charge in [0.15, 0.2) is 0 Å². The van der Waals surface area contributed by atoms with Gasteiger partial charge < -0.3 is 10.2 Å². The number of carboxylic acid groups (broad SMARTS) is 1. The molecule has 0 spiro atoms. The van der Waals surface area contributed by atoms with Crippen molar-refractivity contribution in [1.82, 2.24) is 0 Å². The Balaban J connectivity index is 2.92. The molecule has 16 heavy (non-hydrogen) atoms. The van der Waals surface area contributed by atoms with Gasteiger partial charge in [0.2, 0.25) is 0 Å². The first-order valence-electron chi connectivity index (χ1n) is 5.33. The summed E-state index contributed by atoms with van der Waals surface area (Å²) in [5, 5.41) is 18.2. The smallest absolute Gasteiger partial charge is 0.304 e. The molecule has 0 heterocycles. The molecule has 3 nitrogen and oxygen atoms in total. The summed E-state index contributed by atoms with van der Waals surface area (Å²) in [6.07, 6.45) is -0.391. The van der Waals surface area contributed by atoms with Crippen molar-refractivity contribution in [2.75, 3.05) is 0 Å². The first kappa shape index (κ1) is 12.7. The van der Waals surface area contributed by atoms with Gasteiger partial charge in [0.1, 0.15) is 0 Å². The van der Waals surface area contributed by atoms with Crippen LogP contribution in [-0.2, 0) is 10.2 Å². The van der Waals surface area contributed by atoms with Crippen LogP contribution in [0.1, 0.15) is 44.4 Å². The van der Waals surface area contributed by atoms with Crippen LogP contribution in [0.5, 0.6) is 0 Å². The van der Waals surface area contributed by atoms with Crippen LogP contribution in [0.25, 0.3) is 0 Å². The second kappa shape index (κ2) is 4.66. The van der Waals surface area contributed by atoms with Gasteiger partial charge in [-0.15, -0.1) is 0 Å². The Morgan fingerprint density at radius 2 is 1.81 bits per heavy atom. The molecule has 1 aromatic rings. The molecule has 0 saturated carbocycles. The number of hydrogen-bond acceptors (Lipinski definition) is 2. The number of hydrogen-bond donors (Lipinski definition) is 2. The minimum absolute atomic E-state index is 0.0982. The summed E-state index contributed by atoms with van der Waals surface area (Å²) in [5.41, 5.74) is 1.43. The van der Waals surface area contributed by atoms with Crippen LogP contribution < -0.4 is 0 Å². The van der Waals surface area contributed by atoms with Crippen LogP contribution in [0.3, 0.4) is 0 Å². The maximum Gasteiger partial charge on any atom is 0.304 e. The summed E-state index contributed by atoms with van der Waals surface area (Å²) < 4.78 is 0. The predicted octanol–water partition coefficient (Wildman–Crippen LogP) is 2.49. The largest absolute Gasteiger partial charge is 0.481 e. The number of benzene rings is 1.